The largest absolute Gasteiger partial charge is 0.352 e. The van der Waals surface area contributed by atoms with E-state index in [1.807, 2.05) is 0 Å². The molecule has 1 aliphatic carbocycles. The summed E-state index contributed by atoms with van der Waals surface area (Å²) in [5.74, 6) is 1.20. The molecule has 2 N–H and O–H groups in total. The monoisotopic (exact) mass is 353 g/mol. The van der Waals surface area contributed by atoms with Gasteiger partial charge in [0.05, 0.1) is 0 Å². The first-order valence-corrected chi connectivity index (χ1v) is 8.09. The van der Waals surface area contributed by atoms with Gasteiger partial charge in [-0.3, -0.25) is 4.79 Å². The molecule has 0 radical (unpaired) electrons. The van der Waals surface area contributed by atoms with Gasteiger partial charge >= 0.3 is 0 Å². The van der Waals surface area contributed by atoms with E-state index in [0.717, 1.165) is 32.5 Å². The summed E-state index contributed by atoms with van der Waals surface area (Å²) in [6.45, 7) is 7.54. The highest BCUT2D eigenvalue weighted by Gasteiger charge is 2.57. The Bertz CT molecular complexity index is 334. The van der Waals surface area contributed by atoms with Crippen molar-refractivity contribution in [3.05, 3.63) is 0 Å². The number of nitrogens with one attached hydrogen (secondary N) is 2. The van der Waals surface area contributed by atoms with Crippen LogP contribution in [-0.2, 0) is 4.79 Å². The Kier molecular flexibility index (Phi) is 9.30. The lowest BCUT2D eigenvalue weighted by Gasteiger charge is -2.26. The molecule has 132 valence electrons. The molecule has 0 aromatic carbocycles. The SMILES string of the molecule is CC(C)CC(CN(C)C)NC(=O)C1CC12CCNCC2.Cl.Cl. The zero-order valence-electron chi connectivity index (χ0n) is 14.4. The van der Waals surface area contributed by atoms with Crippen molar-refractivity contribution in [3.63, 3.8) is 0 Å². The van der Waals surface area contributed by atoms with Crippen molar-refractivity contribution in [2.75, 3.05) is 33.7 Å². The maximum Gasteiger partial charge on any atom is 0.223 e. The molecule has 4 nitrogen and oxygen atoms in total. The topological polar surface area (TPSA) is 44.4 Å². The lowest BCUT2D eigenvalue weighted by atomic mass is 9.91. The van der Waals surface area contributed by atoms with E-state index < -0.39 is 0 Å². The molecule has 22 heavy (non-hydrogen) atoms. The van der Waals surface area contributed by atoms with Crippen molar-refractivity contribution in [2.24, 2.45) is 17.3 Å². The molecule has 0 aromatic rings. The van der Waals surface area contributed by atoms with Gasteiger partial charge in [0.2, 0.25) is 5.91 Å². The Labute approximate surface area is 148 Å². The fourth-order valence-electron chi connectivity index (χ4n) is 3.69. The van der Waals surface area contributed by atoms with E-state index in [0.29, 0.717) is 17.2 Å². The second-order valence-electron chi connectivity index (χ2n) is 7.47. The number of nitrogens with zero attached hydrogens (tertiary/aromatic N) is 1. The summed E-state index contributed by atoms with van der Waals surface area (Å²) in [7, 11) is 4.15. The van der Waals surface area contributed by atoms with Crippen LogP contribution < -0.4 is 10.6 Å². The number of hydrogen-bond acceptors (Lipinski definition) is 3. The Morgan fingerprint density at radius 2 is 1.86 bits per heavy atom. The molecule has 1 saturated heterocycles. The number of carbonyl (C=O) groups is 1. The summed E-state index contributed by atoms with van der Waals surface area (Å²) in [6.07, 6.45) is 4.52. The maximum absolute atomic E-state index is 12.5. The number of likely N-dealkylation sites (N-methyl/N-ethyl adjacent to an activating group) is 1. The third kappa shape index (κ3) is 5.88. The van der Waals surface area contributed by atoms with Gasteiger partial charge in [-0.2, -0.15) is 0 Å². The molecular weight excluding hydrogens is 321 g/mol. The number of piperidine rings is 1. The van der Waals surface area contributed by atoms with E-state index in [1.165, 1.54) is 12.8 Å². The Morgan fingerprint density at radius 1 is 1.27 bits per heavy atom. The molecule has 2 rings (SSSR count). The van der Waals surface area contributed by atoms with Crippen LogP contribution in [0.4, 0.5) is 0 Å². The average Bonchev–Trinajstić information content (AvgIpc) is 3.02. The number of rotatable bonds is 6. The van der Waals surface area contributed by atoms with Crippen LogP contribution in [-0.4, -0.2) is 50.6 Å². The quantitative estimate of drug-likeness (QED) is 0.769. The van der Waals surface area contributed by atoms with Crippen LogP contribution in [0.15, 0.2) is 0 Å². The molecule has 1 spiro atoms. The van der Waals surface area contributed by atoms with Crippen molar-refractivity contribution in [2.45, 2.75) is 45.6 Å². The molecule has 0 bridgehead atoms. The highest BCUT2D eigenvalue weighted by molar-refractivity contribution is 5.85. The van der Waals surface area contributed by atoms with Gasteiger partial charge in [0, 0.05) is 18.5 Å². The highest BCUT2D eigenvalue weighted by Crippen LogP contribution is 2.58. The summed E-state index contributed by atoms with van der Waals surface area (Å²) < 4.78 is 0. The Morgan fingerprint density at radius 3 is 2.36 bits per heavy atom. The molecule has 1 aliphatic heterocycles. The fraction of sp³-hybridized carbons (Fsp3) is 0.938. The summed E-state index contributed by atoms with van der Waals surface area (Å²) in [6, 6.07) is 0.289. The molecule has 6 heteroatoms. The van der Waals surface area contributed by atoms with Crippen LogP contribution in [0.25, 0.3) is 0 Å². The normalized spacial score (nSPS) is 23.6. The molecule has 1 saturated carbocycles. The number of amides is 1. The van der Waals surface area contributed by atoms with Crippen LogP contribution in [0.3, 0.4) is 0 Å². The van der Waals surface area contributed by atoms with Crippen LogP contribution in [0.5, 0.6) is 0 Å². The molecule has 2 fully saturated rings. The minimum atomic E-state index is 0. The van der Waals surface area contributed by atoms with Gasteiger partial charge in [0.15, 0.2) is 0 Å². The van der Waals surface area contributed by atoms with E-state index in [1.54, 1.807) is 0 Å². The third-order valence-corrected chi connectivity index (χ3v) is 4.79. The van der Waals surface area contributed by atoms with Crippen molar-refractivity contribution < 1.29 is 4.79 Å². The van der Waals surface area contributed by atoms with Crippen molar-refractivity contribution in [3.8, 4) is 0 Å². The zero-order valence-corrected chi connectivity index (χ0v) is 16.0. The van der Waals surface area contributed by atoms with Crippen LogP contribution in [0.2, 0.25) is 0 Å². The second-order valence-corrected chi connectivity index (χ2v) is 7.47. The van der Waals surface area contributed by atoms with Crippen molar-refractivity contribution in [1.29, 1.82) is 0 Å². The summed E-state index contributed by atoms with van der Waals surface area (Å²) in [5.41, 5.74) is 0.343. The molecule has 2 atom stereocenters. The molecule has 1 heterocycles. The predicted molar refractivity (Wildman–Crippen MR) is 97.1 cm³/mol. The highest BCUT2D eigenvalue weighted by atomic mass is 35.5. The smallest absolute Gasteiger partial charge is 0.223 e. The van der Waals surface area contributed by atoms with Crippen LogP contribution >= 0.6 is 24.8 Å². The second kappa shape index (κ2) is 9.31. The Balaban J connectivity index is 0.00000220. The number of hydrogen-bond donors (Lipinski definition) is 2. The van der Waals surface area contributed by atoms with E-state index in [-0.39, 0.29) is 36.8 Å². The lowest BCUT2D eigenvalue weighted by molar-refractivity contribution is -0.124. The number of carbonyl (C=O) groups excluding carboxylic acids is 1. The van der Waals surface area contributed by atoms with Crippen LogP contribution in [0, 0.1) is 17.3 Å². The minimum absolute atomic E-state index is 0. The molecular formula is C16H33Cl2N3O. The zero-order chi connectivity index (χ0) is 14.8. The standard InChI is InChI=1S/C16H31N3O.2ClH/c1-12(2)9-13(11-19(3)4)18-15(20)14-10-16(14)5-7-17-8-6-16;;/h12-14,17H,5-11H2,1-4H3,(H,18,20);2*1H. The van der Waals surface area contributed by atoms with Crippen molar-refractivity contribution >= 4 is 30.7 Å². The lowest BCUT2D eigenvalue weighted by Crippen LogP contribution is -2.44. The molecule has 0 aromatic heterocycles. The third-order valence-electron chi connectivity index (χ3n) is 4.79. The first-order chi connectivity index (χ1) is 9.43. The van der Waals surface area contributed by atoms with Crippen molar-refractivity contribution in [1.82, 2.24) is 15.5 Å². The van der Waals surface area contributed by atoms with Gasteiger partial charge in [-0.15, -0.1) is 24.8 Å². The fourth-order valence-corrected chi connectivity index (χ4v) is 3.69. The molecule has 2 aliphatic rings. The maximum atomic E-state index is 12.5. The predicted octanol–water partition coefficient (Wildman–Crippen LogP) is 2.31. The molecule has 1 amide bonds. The number of halogens is 2. The average molecular weight is 354 g/mol. The van der Waals surface area contributed by atoms with Gasteiger partial charge in [0.1, 0.15) is 0 Å². The minimum Gasteiger partial charge on any atom is -0.352 e. The molecule has 2 unspecified atom stereocenters. The van der Waals surface area contributed by atoms with Gasteiger partial charge in [-0.1, -0.05) is 13.8 Å². The van der Waals surface area contributed by atoms with Gasteiger partial charge < -0.3 is 15.5 Å². The van der Waals surface area contributed by atoms with Gasteiger partial charge in [-0.25, -0.2) is 0 Å². The summed E-state index contributed by atoms with van der Waals surface area (Å²) in [5, 5.41) is 6.71. The van der Waals surface area contributed by atoms with Crippen LogP contribution in [0.1, 0.15) is 39.5 Å². The first kappa shape index (κ1) is 22.0. The summed E-state index contributed by atoms with van der Waals surface area (Å²) in [4.78, 5) is 14.7. The van der Waals surface area contributed by atoms with E-state index in [9.17, 15) is 4.79 Å². The van der Waals surface area contributed by atoms with Gasteiger partial charge in [-0.05, 0) is 64.2 Å². The van der Waals surface area contributed by atoms with E-state index in [2.05, 4.69) is 43.5 Å². The Hall–Kier alpha value is -0.0300. The first-order valence-electron chi connectivity index (χ1n) is 8.09. The van der Waals surface area contributed by atoms with E-state index >= 15 is 0 Å². The van der Waals surface area contributed by atoms with Gasteiger partial charge in [0.25, 0.3) is 0 Å². The summed E-state index contributed by atoms with van der Waals surface area (Å²) >= 11 is 0. The van der Waals surface area contributed by atoms with E-state index in [4.69, 9.17) is 0 Å².